The van der Waals surface area contributed by atoms with Crippen molar-refractivity contribution >= 4 is 5.78 Å². The summed E-state index contributed by atoms with van der Waals surface area (Å²) in [6.45, 7) is 10.2. The van der Waals surface area contributed by atoms with E-state index < -0.39 is 0 Å². The first-order valence-electron chi connectivity index (χ1n) is 7.69. The van der Waals surface area contributed by atoms with Crippen LogP contribution in [0.5, 0.6) is 5.75 Å². The van der Waals surface area contributed by atoms with Gasteiger partial charge in [-0.05, 0) is 37.5 Å². The van der Waals surface area contributed by atoms with Crippen molar-refractivity contribution in [1.29, 1.82) is 0 Å². The van der Waals surface area contributed by atoms with E-state index in [1.54, 1.807) is 0 Å². The molecule has 0 bridgehead atoms. The summed E-state index contributed by atoms with van der Waals surface area (Å²) in [5.74, 6) is 0.885. The highest BCUT2D eigenvalue weighted by atomic mass is 16.5. The molecular formula is C17H25NO3. The number of morpholine rings is 1. The number of carbonyl (C=O) groups excluding carboxylic acids is 1. The van der Waals surface area contributed by atoms with Crippen LogP contribution in [0.4, 0.5) is 0 Å². The molecule has 0 amide bonds. The van der Waals surface area contributed by atoms with Crippen LogP contribution in [0.15, 0.2) is 12.1 Å². The number of aryl methyl sites for hydroxylation is 2. The maximum Gasteiger partial charge on any atom is 0.180 e. The Morgan fingerprint density at radius 3 is 2.67 bits per heavy atom. The van der Waals surface area contributed by atoms with Crippen molar-refractivity contribution in [3.63, 3.8) is 0 Å². The number of ether oxygens (including phenoxy) is 2. The van der Waals surface area contributed by atoms with Crippen molar-refractivity contribution in [3.8, 4) is 5.75 Å². The highest BCUT2D eigenvalue weighted by Gasteiger charge is 2.20. The Hall–Kier alpha value is -1.39. The quantitative estimate of drug-likeness (QED) is 0.755. The highest BCUT2D eigenvalue weighted by molar-refractivity contribution is 6.00. The van der Waals surface area contributed by atoms with E-state index in [2.05, 4.69) is 17.9 Å². The summed E-state index contributed by atoms with van der Waals surface area (Å²) in [7, 11) is 0. The van der Waals surface area contributed by atoms with Crippen LogP contribution >= 0.6 is 0 Å². The number of ketones is 1. The van der Waals surface area contributed by atoms with E-state index in [1.165, 1.54) is 0 Å². The third-order valence-corrected chi connectivity index (χ3v) is 3.64. The molecule has 4 heteroatoms. The first kappa shape index (κ1) is 16.0. The van der Waals surface area contributed by atoms with Gasteiger partial charge in [0, 0.05) is 13.1 Å². The van der Waals surface area contributed by atoms with Crippen molar-refractivity contribution in [2.45, 2.75) is 27.2 Å². The standard InChI is InChI=1S/C17H25NO3/c1-4-7-21-17-14(3)10-13(2)11-15(17)16(19)12-18-5-8-20-9-6-18/h10-11H,4-9,12H2,1-3H3. The topological polar surface area (TPSA) is 38.8 Å². The van der Waals surface area contributed by atoms with Crippen molar-refractivity contribution < 1.29 is 14.3 Å². The molecule has 1 fully saturated rings. The minimum atomic E-state index is 0.134. The van der Waals surface area contributed by atoms with Gasteiger partial charge in [0.1, 0.15) is 5.75 Å². The zero-order valence-electron chi connectivity index (χ0n) is 13.3. The summed E-state index contributed by atoms with van der Waals surface area (Å²) >= 11 is 0. The average Bonchev–Trinajstić information content (AvgIpc) is 2.46. The van der Waals surface area contributed by atoms with E-state index in [0.29, 0.717) is 31.9 Å². The predicted molar refractivity (Wildman–Crippen MR) is 83.3 cm³/mol. The Morgan fingerprint density at radius 1 is 1.29 bits per heavy atom. The van der Waals surface area contributed by atoms with Crippen LogP contribution in [-0.2, 0) is 4.74 Å². The molecule has 1 saturated heterocycles. The maximum atomic E-state index is 12.6. The van der Waals surface area contributed by atoms with Gasteiger partial charge in [-0.3, -0.25) is 9.69 Å². The zero-order valence-corrected chi connectivity index (χ0v) is 13.3. The van der Waals surface area contributed by atoms with Gasteiger partial charge in [-0.15, -0.1) is 0 Å². The third-order valence-electron chi connectivity index (χ3n) is 3.64. The molecule has 1 aliphatic rings. The van der Waals surface area contributed by atoms with E-state index in [1.807, 2.05) is 19.9 Å². The van der Waals surface area contributed by atoms with Gasteiger partial charge >= 0.3 is 0 Å². The number of nitrogens with zero attached hydrogens (tertiary/aromatic N) is 1. The van der Waals surface area contributed by atoms with E-state index in [-0.39, 0.29) is 5.78 Å². The molecule has 2 rings (SSSR count). The molecule has 0 aliphatic carbocycles. The molecule has 0 spiro atoms. The number of hydrogen-bond acceptors (Lipinski definition) is 4. The Morgan fingerprint density at radius 2 is 2.00 bits per heavy atom. The van der Waals surface area contributed by atoms with Crippen molar-refractivity contribution in [2.75, 3.05) is 39.5 Å². The van der Waals surface area contributed by atoms with Gasteiger partial charge in [-0.25, -0.2) is 0 Å². The van der Waals surface area contributed by atoms with Gasteiger partial charge in [0.15, 0.2) is 5.78 Å². The third kappa shape index (κ3) is 4.29. The Kier molecular flexibility index (Phi) is 5.76. The van der Waals surface area contributed by atoms with E-state index in [0.717, 1.165) is 36.4 Å². The fourth-order valence-electron chi connectivity index (χ4n) is 2.60. The van der Waals surface area contributed by atoms with Crippen LogP contribution in [0.2, 0.25) is 0 Å². The van der Waals surface area contributed by atoms with Gasteiger partial charge in [0.05, 0.1) is 31.9 Å². The van der Waals surface area contributed by atoms with Crippen molar-refractivity contribution in [2.24, 2.45) is 0 Å². The van der Waals surface area contributed by atoms with Crippen molar-refractivity contribution in [3.05, 3.63) is 28.8 Å². The number of hydrogen-bond donors (Lipinski definition) is 0. The summed E-state index contributed by atoms with van der Waals surface area (Å²) in [6.07, 6.45) is 0.935. The first-order valence-corrected chi connectivity index (χ1v) is 7.69. The molecule has 0 N–H and O–H groups in total. The monoisotopic (exact) mass is 291 g/mol. The summed E-state index contributed by atoms with van der Waals surface area (Å²) in [5, 5.41) is 0. The first-order chi connectivity index (χ1) is 10.1. The molecule has 4 nitrogen and oxygen atoms in total. The Bertz CT molecular complexity index is 493. The predicted octanol–water partition coefficient (Wildman–Crippen LogP) is 2.61. The summed E-state index contributed by atoms with van der Waals surface area (Å²) in [6, 6.07) is 4.01. The maximum absolute atomic E-state index is 12.6. The van der Waals surface area contributed by atoms with Gasteiger partial charge in [-0.1, -0.05) is 13.0 Å². The molecule has 1 heterocycles. The average molecular weight is 291 g/mol. The molecule has 0 saturated carbocycles. The summed E-state index contributed by atoms with van der Waals surface area (Å²) in [4.78, 5) is 14.8. The van der Waals surface area contributed by atoms with Gasteiger partial charge in [0.25, 0.3) is 0 Å². The van der Waals surface area contributed by atoms with Gasteiger partial charge < -0.3 is 9.47 Å². The van der Waals surface area contributed by atoms with Crippen LogP contribution in [0.1, 0.15) is 34.8 Å². The molecule has 1 aromatic carbocycles. The number of Topliss-reactive ketones (excluding diaryl/α,β-unsaturated/α-hetero) is 1. The van der Waals surface area contributed by atoms with E-state index in [9.17, 15) is 4.79 Å². The second kappa shape index (κ2) is 7.57. The Labute approximate surface area is 127 Å². The lowest BCUT2D eigenvalue weighted by Gasteiger charge is -2.26. The lowest BCUT2D eigenvalue weighted by atomic mass is 10.0. The van der Waals surface area contributed by atoms with Crippen LogP contribution in [-0.4, -0.2) is 50.1 Å². The summed E-state index contributed by atoms with van der Waals surface area (Å²) < 4.78 is 11.1. The van der Waals surface area contributed by atoms with E-state index >= 15 is 0 Å². The highest BCUT2D eigenvalue weighted by Crippen LogP contribution is 2.26. The second-order valence-corrected chi connectivity index (χ2v) is 5.62. The van der Waals surface area contributed by atoms with Gasteiger partial charge in [0.2, 0.25) is 0 Å². The lowest BCUT2D eigenvalue weighted by molar-refractivity contribution is 0.0370. The largest absolute Gasteiger partial charge is 0.493 e. The van der Waals surface area contributed by atoms with Crippen LogP contribution in [0.25, 0.3) is 0 Å². The van der Waals surface area contributed by atoms with Crippen LogP contribution < -0.4 is 4.74 Å². The fraction of sp³-hybridized carbons (Fsp3) is 0.588. The SMILES string of the molecule is CCCOc1c(C)cc(C)cc1C(=O)CN1CCOCC1. The fourth-order valence-corrected chi connectivity index (χ4v) is 2.60. The Balaban J connectivity index is 2.17. The molecule has 1 aromatic rings. The molecule has 1 aliphatic heterocycles. The molecule has 0 atom stereocenters. The zero-order chi connectivity index (χ0) is 15.2. The number of rotatable bonds is 6. The van der Waals surface area contributed by atoms with Crippen LogP contribution in [0.3, 0.4) is 0 Å². The minimum Gasteiger partial charge on any atom is -0.493 e. The lowest BCUT2D eigenvalue weighted by Crippen LogP contribution is -2.39. The van der Waals surface area contributed by atoms with E-state index in [4.69, 9.17) is 9.47 Å². The molecule has 0 radical (unpaired) electrons. The molecule has 116 valence electrons. The van der Waals surface area contributed by atoms with Crippen molar-refractivity contribution in [1.82, 2.24) is 4.90 Å². The minimum absolute atomic E-state index is 0.134. The van der Waals surface area contributed by atoms with Gasteiger partial charge in [-0.2, -0.15) is 0 Å². The molecule has 0 aromatic heterocycles. The van der Waals surface area contributed by atoms with Crippen LogP contribution in [0, 0.1) is 13.8 Å². The molecule has 0 unspecified atom stereocenters. The second-order valence-electron chi connectivity index (χ2n) is 5.62. The molecule has 21 heavy (non-hydrogen) atoms. The number of benzene rings is 1. The molecular weight excluding hydrogens is 266 g/mol. The number of carbonyl (C=O) groups is 1. The summed E-state index contributed by atoms with van der Waals surface area (Å²) in [5.41, 5.74) is 2.85. The normalized spacial score (nSPS) is 16.0. The smallest absolute Gasteiger partial charge is 0.180 e.